The Morgan fingerprint density at radius 2 is 2.14 bits per heavy atom. The zero-order valence-corrected chi connectivity index (χ0v) is 12.4. The van der Waals surface area contributed by atoms with Crippen molar-refractivity contribution in [2.24, 2.45) is 5.10 Å². The third-order valence-corrected chi connectivity index (χ3v) is 4.92. The molecule has 108 valence electrons. The van der Waals surface area contributed by atoms with Crippen LogP contribution in [0.3, 0.4) is 0 Å². The van der Waals surface area contributed by atoms with Gasteiger partial charge in [0.25, 0.3) is 5.91 Å². The molecule has 1 fully saturated rings. The number of hydrogen-bond donors (Lipinski definition) is 1. The molecule has 4 rings (SSSR count). The molecule has 3 heterocycles. The molecule has 1 N–H and O–H groups in total. The Hall–Kier alpha value is -1.79. The van der Waals surface area contributed by atoms with Crippen molar-refractivity contribution in [2.75, 3.05) is 31.3 Å². The number of carbonyl (C=O) groups excluding carboxylic acids is 1. The van der Waals surface area contributed by atoms with Crippen LogP contribution in [0.15, 0.2) is 29.5 Å². The Labute approximate surface area is 127 Å². The van der Waals surface area contributed by atoms with Crippen LogP contribution >= 0.6 is 11.8 Å². The van der Waals surface area contributed by atoms with Crippen molar-refractivity contribution in [2.45, 2.75) is 0 Å². The molecular weight excluding hydrogens is 284 g/mol. The van der Waals surface area contributed by atoms with E-state index in [-0.39, 0.29) is 5.91 Å². The van der Waals surface area contributed by atoms with Gasteiger partial charge in [0.15, 0.2) is 0 Å². The third-order valence-electron chi connectivity index (χ3n) is 3.98. The van der Waals surface area contributed by atoms with Crippen LogP contribution in [0.4, 0.5) is 0 Å². The lowest BCUT2D eigenvalue weighted by molar-refractivity contribution is 0.0648. The lowest BCUT2D eigenvalue weighted by Crippen LogP contribution is -2.42. The van der Waals surface area contributed by atoms with Crippen LogP contribution in [0, 0.1) is 0 Å². The zero-order chi connectivity index (χ0) is 14.2. The van der Waals surface area contributed by atoms with Gasteiger partial charge in [0.1, 0.15) is 0 Å². The van der Waals surface area contributed by atoms with E-state index in [1.807, 2.05) is 36.2 Å². The third kappa shape index (κ3) is 2.24. The van der Waals surface area contributed by atoms with Gasteiger partial charge in [0.2, 0.25) is 0 Å². The lowest BCUT2D eigenvalue weighted by atomic mass is 10.1. The second-order valence-electron chi connectivity index (χ2n) is 5.29. The highest BCUT2D eigenvalue weighted by atomic mass is 32.2. The molecule has 5 nitrogen and oxygen atoms in total. The standard InChI is InChI=1S/C15H16N4OS/c20-15-12-2-1-3-13-14(12)11(8-16-13)9-17-19(15)10-18-4-6-21-7-5-18/h1-3,8-9,16H,4-7,10H2. The van der Waals surface area contributed by atoms with Gasteiger partial charge in [0, 0.05) is 47.3 Å². The molecule has 2 aromatic rings. The van der Waals surface area contributed by atoms with Crippen LogP contribution < -0.4 is 0 Å². The maximum atomic E-state index is 12.8. The van der Waals surface area contributed by atoms with Crippen LogP contribution in [0.25, 0.3) is 10.9 Å². The summed E-state index contributed by atoms with van der Waals surface area (Å²) < 4.78 is 0. The normalized spacial score (nSPS) is 19.2. The molecule has 1 aromatic heterocycles. The number of thioether (sulfide) groups is 1. The average Bonchev–Trinajstić information content (AvgIpc) is 2.89. The topological polar surface area (TPSA) is 51.7 Å². The van der Waals surface area contributed by atoms with Crippen molar-refractivity contribution in [1.29, 1.82) is 0 Å². The van der Waals surface area contributed by atoms with Gasteiger partial charge in [-0.15, -0.1) is 0 Å². The number of carbonyl (C=O) groups is 1. The highest BCUT2D eigenvalue weighted by Gasteiger charge is 2.24. The number of aromatic nitrogens is 1. The SMILES string of the molecule is O=C1c2cccc3[nH]cc(c23)C=NN1CN1CCSCC1. The molecule has 1 saturated heterocycles. The molecule has 0 saturated carbocycles. The highest BCUT2D eigenvalue weighted by Crippen LogP contribution is 2.25. The molecule has 0 aliphatic carbocycles. The second-order valence-corrected chi connectivity index (χ2v) is 6.52. The Kier molecular flexibility index (Phi) is 3.20. The van der Waals surface area contributed by atoms with E-state index >= 15 is 0 Å². The number of rotatable bonds is 2. The van der Waals surface area contributed by atoms with Gasteiger partial charge in [-0.25, -0.2) is 5.01 Å². The van der Waals surface area contributed by atoms with Crippen LogP contribution in [0.1, 0.15) is 15.9 Å². The molecule has 1 aromatic carbocycles. The summed E-state index contributed by atoms with van der Waals surface area (Å²) in [5, 5.41) is 6.96. The van der Waals surface area contributed by atoms with Gasteiger partial charge in [0.05, 0.1) is 18.4 Å². The fraction of sp³-hybridized carbons (Fsp3) is 0.333. The summed E-state index contributed by atoms with van der Waals surface area (Å²) in [5.41, 5.74) is 2.69. The van der Waals surface area contributed by atoms with Crippen molar-refractivity contribution in [1.82, 2.24) is 14.9 Å². The number of amides is 1. The molecule has 1 amide bonds. The molecule has 21 heavy (non-hydrogen) atoms. The first-order valence-electron chi connectivity index (χ1n) is 7.09. The quantitative estimate of drug-likeness (QED) is 0.922. The predicted octanol–water partition coefficient (Wildman–Crippen LogP) is 1.96. The summed E-state index contributed by atoms with van der Waals surface area (Å²) in [4.78, 5) is 18.2. The van der Waals surface area contributed by atoms with Gasteiger partial charge in [-0.2, -0.15) is 16.9 Å². The van der Waals surface area contributed by atoms with Crippen molar-refractivity contribution in [3.05, 3.63) is 35.5 Å². The summed E-state index contributed by atoms with van der Waals surface area (Å²) in [7, 11) is 0. The summed E-state index contributed by atoms with van der Waals surface area (Å²) in [6.45, 7) is 2.60. The minimum atomic E-state index is -0.0200. The number of H-pyrrole nitrogens is 1. The Balaban J connectivity index is 1.68. The number of hydrogen-bond acceptors (Lipinski definition) is 4. The van der Waals surface area contributed by atoms with Crippen molar-refractivity contribution >= 4 is 34.8 Å². The van der Waals surface area contributed by atoms with E-state index in [1.165, 1.54) is 0 Å². The second kappa shape index (κ2) is 5.20. The summed E-state index contributed by atoms with van der Waals surface area (Å²) in [5.74, 6) is 2.23. The molecule has 0 spiro atoms. The van der Waals surface area contributed by atoms with E-state index in [0.717, 1.165) is 46.6 Å². The number of nitrogens with zero attached hydrogens (tertiary/aromatic N) is 3. The molecule has 2 aliphatic heterocycles. The zero-order valence-electron chi connectivity index (χ0n) is 11.6. The van der Waals surface area contributed by atoms with Gasteiger partial charge in [-0.1, -0.05) is 6.07 Å². The Morgan fingerprint density at radius 3 is 3.00 bits per heavy atom. The molecule has 0 bridgehead atoms. The monoisotopic (exact) mass is 300 g/mol. The van der Waals surface area contributed by atoms with E-state index < -0.39 is 0 Å². The van der Waals surface area contributed by atoms with Crippen LogP contribution in [-0.2, 0) is 0 Å². The first-order chi connectivity index (χ1) is 10.3. The minimum Gasteiger partial charge on any atom is -0.360 e. The number of aromatic amines is 1. The van der Waals surface area contributed by atoms with Gasteiger partial charge < -0.3 is 4.98 Å². The summed E-state index contributed by atoms with van der Waals surface area (Å²) >= 11 is 1.96. The lowest BCUT2D eigenvalue weighted by Gasteiger charge is -2.29. The average molecular weight is 300 g/mol. The molecule has 0 atom stereocenters. The Bertz CT molecular complexity index is 718. The van der Waals surface area contributed by atoms with Crippen molar-refractivity contribution in [3.8, 4) is 0 Å². The molecule has 0 unspecified atom stereocenters. The maximum absolute atomic E-state index is 12.8. The van der Waals surface area contributed by atoms with Gasteiger partial charge in [-0.05, 0) is 12.1 Å². The molecule has 0 radical (unpaired) electrons. The van der Waals surface area contributed by atoms with E-state index in [0.29, 0.717) is 6.67 Å². The fourth-order valence-electron chi connectivity index (χ4n) is 2.85. The number of hydrazone groups is 1. The summed E-state index contributed by atoms with van der Waals surface area (Å²) in [6.07, 6.45) is 3.69. The van der Waals surface area contributed by atoms with E-state index in [1.54, 1.807) is 11.2 Å². The van der Waals surface area contributed by atoms with E-state index in [2.05, 4.69) is 15.0 Å². The van der Waals surface area contributed by atoms with Crippen LogP contribution in [0.5, 0.6) is 0 Å². The minimum absolute atomic E-state index is 0.0200. The van der Waals surface area contributed by atoms with Crippen molar-refractivity contribution < 1.29 is 4.79 Å². The largest absolute Gasteiger partial charge is 0.360 e. The highest BCUT2D eigenvalue weighted by molar-refractivity contribution is 7.99. The first-order valence-corrected chi connectivity index (χ1v) is 8.24. The smallest absolute Gasteiger partial charge is 0.275 e. The number of benzene rings is 1. The fourth-order valence-corrected chi connectivity index (χ4v) is 3.83. The van der Waals surface area contributed by atoms with E-state index in [9.17, 15) is 4.79 Å². The van der Waals surface area contributed by atoms with Crippen LogP contribution in [0.2, 0.25) is 0 Å². The first kappa shape index (κ1) is 12.9. The number of nitrogens with one attached hydrogen (secondary N) is 1. The van der Waals surface area contributed by atoms with Gasteiger partial charge in [-0.3, -0.25) is 9.69 Å². The predicted molar refractivity (Wildman–Crippen MR) is 85.8 cm³/mol. The maximum Gasteiger partial charge on any atom is 0.275 e. The molecular formula is C15H16N4OS. The van der Waals surface area contributed by atoms with Gasteiger partial charge >= 0.3 is 0 Å². The van der Waals surface area contributed by atoms with E-state index in [4.69, 9.17) is 0 Å². The Morgan fingerprint density at radius 1 is 1.29 bits per heavy atom. The van der Waals surface area contributed by atoms with Crippen LogP contribution in [-0.4, -0.2) is 58.3 Å². The molecule has 2 aliphatic rings. The van der Waals surface area contributed by atoms with Crippen molar-refractivity contribution in [3.63, 3.8) is 0 Å². The molecule has 6 heteroatoms. The summed E-state index contributed by atoms with van der Waals surface area (Å²) in [6, 6.07) is 5.79.